The highest BCUT2D eigenvalue weighted by molar-refractivity contribution is 6.39. The predicted molar refractivity (Wildman–Crippen MR) is 204 cm³/mol. The minimum absolute atomic E-state index is 0.0284. The van der Waals surface area contributed by atoms with Crippen molar-refractivity contribution in [1.82, 2.24) is 35.4 Å². The number of halogens is 3. The molecule has 15 heteroatoms. The van der Waals surface area contributed by atoms with Crippen molar-refractivity contribution in [3.05, 3.63) is 87.0 Å². The van der Waals surface area contributed by atoms with E-state index in [1.54, 1.807) is 12.1 Å². The Morgan fingerprint density at radius 1 is 0.830 bits per heavy atom. The monoisotopic (exact) mass is 775 g/mol. The van der Waals surface area contributed by atoms with E-state index >= 15 is 0 Å². The molecule has 2 atom stereocenters. The second kappa shape index (κ2) is 15.2. The van der Waals surface area contributed by atoms with Gasteiger partial charge in [0.05, 0.1) is 57.5 Å². The summed E-state index contributed by atoms with van der Waals surface area (Å²) in [6.45, 7) is 0.689. The number of H-pyrrole nitrogens is 1. The lowest BCUT2D eigenvalue weighted by Crippen LogP contribution is -2.41. The second-order valence-electron chi connectivity index (χ2n) is 13.2. The van der Waals surface area contributed by atoms with Crippen LogP contribution < -0.4 is 15.4 Å². The maximum atomic E-state index is 12.1. The molecule has 2 aliphatic heterocycles. The molecule has 2 aromatic carbocycles. The van der Waals surface area contributed by atoms with Crippen molar-refractivity contribution >= 4 is 63.7 Å². The predicted octanol–water partition coefficient (Wildman–Crippen LogP) is 7.35. The summed E-state index contributed by atoms with van der Waals surface area (Å²) in [5, 5.41) is 17.0. The molecule has 0 radical (unpaired) electrons. The number of benzene rings is 2. The molecular weight excluding hydrogens is 741 g/mol. The summed E-state index contributed by atoms with van der Waals surface area (Å²) in [4.78, 5) is 51.7. The Morgan fingerprint density at radius 2 is 1.45 bits per heavy atom. The van der Waals surface area contributed by atoms with Crippen LogP contribution in [0.1, 0.15) is 36.9 Å². The molecule has 0 aliphatic carbocycles. The largest absolute Gasteiger partial charge is 0.481 e. The van der Waals surface area contributed by atoms with E-state index in [0.29, 0.717) is 85.6 Å². The van der Waals surface area contributed by atoms with E-state index in [1.165, 1.54) is 12.0 Å². The Morgan fingerprint density at radius 3 is 2.06 bits per heavy atom. The van der Waals surface area contributed by atoms with Gasteiger partial charge in [0.15, 0.2) is 0 Å². The van der Waals surface area contributed by atoms with Gasteiger partial charge >= 0.3 is 6.09 Å². The number of pyridine rings is 2. The van der Waals surface area contributed by atoms with Crippen molar-refractivity contribution in [3.63, 3.8) is 0 Å². The summed E-state index contributed by atoms with van der Waals surface area (Å²) < 4.78 is 5.60. The number of hydrogen-bond acceptors (Lipinski definition) is 7. The van der Waals surface area contributed by atoms with E-state index in [9.17, 15) is 19.5 Å². The first kappa shape index (κ1) is 36.5. The number of amides is 3. The van der Waals surface area contributed by atoms with Crippen LogP contribution in [0.5, 0.6) is 5.88 Å². The van der Waals surface area contributed by atoms with Gasteiger partial charge < -0.3 is 30.4 Å². The molecule has 2 fully saturated rings. The van der Waals surface area contributed by atoms with Gasteiger partial charge in [-0.2, -0.15) is 0 Å². The summed E-state index contributed by atoms with van der Waals surface area (Å²) in [6, 6.07) is 18.4. The molecule has 5 aromatic rings. The number of carbonyl (C=O) groups excluding carboxylic acids is 2. The zero-order valence-corrected chi connectivity index (χ0v) is 31.1. The number of ether oxygens (including phenoxy) is 1. The molecule has 0 spiro atoms. The third-order valence-corrected chi connectivity index (χ3v) is 10.9. The fourth-order valence-electron chi connectivity index (χ4n) is 6.92. The number of aromatic amines is 1. The number of rotatable bonds is 11. The molecule has 2 aliphatic rings. The molecule has 3 amide bonds. The van der Waals surface area contributed by atoms with Gasteiger partial charge in [0.25, 0.3) is 0 Å². The van der Waals surface area contributed by atoms with Gasteiger partial charge in [0, 0.05) is 59.8 Å². The fraction of sp³-hybridized carbons (Fsp3) is 0.289. The zero-order chi connectivity index (χ0) is 37.4. The van der Waals surface area contributed by atoms with Gasteiger partial charge in [-0.3, -0.25) is 14.5 Å². The van der Waals surface area contributed by atoms with Gasteiger partial charge in [-0.15, -0.1) is 0 Å². The first-order valence-electron chi connectivity index (χ1n) is 17.1. The number of carboxylic acid groups (broad SMARTS) is 1. The van der Waals surface area contributed by atoms with E-state index in [0.717, 1.165) is 17.6 Å². The van der Waals surface area contributed by atoms with Gasteiger partial charge in [0.1, 0.15) is 5.52 Å². The zero-order valence-electron chi connectivity index (χ0n) is 28.9. The Kier molecular flexibility index (Phi) is 10.5. The molecule has 3 aromatic heterocycles. The highest BCUT2D eigenvalue weighted by Crippen LogP contribution is 2.42. The van der Waals surface area contributed by atoms with Crippen LogP contribution in [0.15, 0.2) is 60.7 Å². The highest BCUT2D eigenvalue weighted by Gasteiger charge is 2.28. The SMILES string of the molecule is COc1nc(-c2cccc(-c3cccc(-c4ccc5[nH]c(CN(C)[C@H]6CCC(=O)N6)c(Cl)c5n4)c3Cl)c2Cl)ccc1CN(C[C@@H]1CCC(=O)N1)C(=O)O. The molecule has 5 heterocycles. The van der Waals surface area contributed by atoms with Gasteiger partial charge in [-0.05, 0) is 44.2 Å². The second-order valence-corrected chi connectivity index (χ2v) is 14.3. The summed E-state index contributed by atoms with van der Waals surface area (Å²) >= 11 is 21.1. The summed E-state index contributed by atoms with van der Waals surface area (Å²) in [5.41, 5.74) is 6.63. The smallest absolute Gasteiger partial charge is 0.407 e. The van der Waals surface area contributed by atoms with E-state index in [4.69, 9.17) is 49.5 Å². The standard InChI is InChI=1S/C38H36Cl3N7O5/c1-47(30-14-16-32(50)46-30)19-29-35(41)36-28(43-29)13-12-26(44-36)24-7-3-5-22(33(24)39)23-6-4-8-25(34(23)40)27-11-9-20(37(45-27)53-2)17-48(38(51)52)18-21-10-15-31(49)42-21/h3-9,11-13,21,30,43H,10,14-19H2,1-2H3,(H,42,49)(H,46,50)(H,51,52)/t21-,30-/m0/s1. The van der Waals surface area contributed by atoms with E-state index in [2.05, 4.69) is 15.6 Å². The maximum absolute atomic E-state index is 12.1. The first-order chi connectivity index (χ1) is 25.5. The Hall–Kier alpha value is -4.88. The number of methoxy groups -OCH3 is 1. The van der Waals surface area contributed by atoms with Crippen LogP contribution in [0.4, 0.5) is 4.79 Å². The van der Waals surface area contributed by atoms with Crippen LogP contribution in [0, 0.1) is 0 Å². The maximum Gasteiger partial charge on any atom is 0.407 e. The number of nitrogens with zero attached hydrogens (tertiary/aromatic N) is 4. The van der Waals surface area contributed by atoms with Crippen LogP contribution in [0.3, 0.4) is 0 Å². The molecule has 12 nitrogen and oxygen atoms in total. The molecule has 274 valence electrons. The van der Waals surface area contributed by atoms with Crippen molar-refractivity contribution in [2.24, 2.45) is 0 Å². The highest BCUT2D eigenvalue weighted by atomic mass is 35.5. The van der Waals surface area contributed by atoms with E-state index in [1.807, 2.05) is 60.5 Å². The first-order valence-corrected chi connectivity index (χ1v) is 18.2. The summed E-state index contributed by atoms with van der Waals surface area (Å²) in [7, 11) is 3.42. The Bertz CT molecular complexity index is 2250. The fourth-order valence-corrected chi connectivity index (χ4v) is 7.82. The van der Waals surface area contributed by atoms with Crippen molar-refractivity contribution in [1.29, 1.82) is 0 Å². The normalized spacial score (nSPS) is 17.0. The van der Waals surface area contributed by atoms with E-state index in [-0.39, 0.29) is 43.0 Å². The lowest BCUT2D eigenvalue weighted by atomic mass is 9.98. The number of carbonyl (C=O) groups is 3. The number of nitrogens with one attached hydrogen (secondary N) is 3. The van der Waals surface area contributed by atoms with Crippen LogP contribution >= 0.6 is 34.8 Å². The number of hydrogen-bond donors (Lipinski definition) is 4. The molecule has 0 unspecified atom stereocenters. The molecule has 0 bridgehead atoms. The van der Waals surface area contributed by atoms with E-state index < -0.39 is 6.09 Å². The lowest BCUT2D eigenvalue weighted by molar-refractivity contribution is -0.120. The molecular formula is C38H36Cl3N7O5. The Labute approximate surface area is 320 Å². The summed E-state index contributed by atoms with van der Waals surface area (Å²) in [6.07, 6.45) is 1.05. The summed E-state index contributed by atoms with van der Waals surface area (Å²) in [5.74, 6) is 0.225. The molecule has 0 saturated carbocycles. The number of fused-ring (bicyclic) bond motifs is 1. The minimum atomic E-state index is -1.11. The van der Waals surface area contributed by atoms with Gasteiger partial charge in [-0.1, -0.05) is 71.2 Å². The third kappa shape index (κ3) is 7.50. The third-order valence-electron chi connectivity index (χ3n) is 9.70. The van der Waals surface area contributed by atoms with Crippen molar-refractivity contribution < 1.29 is 24.2 Å². The topological polar surface area (TPSA) is 153 Å². The van der Waals surface area contributed by atoms with Gasteiger partial charge in [0.2, 0.25) is 17.7 Å². The average molecular weight is 777 g/mol. The molecule has 4 N–H and O–H groups in total. The van der Waals surface area contributed by atoms with Gasteiger partial charge in [-0.25, -0.2) is 14.8 Å². The molecule has 7 rings (SSSR count). The van der Waals surface area contributed by atoms with Crippen molar-refractivity contribution in [3.8, 4) is 39.5 Å². The van der Waals surface area contributed by atoms with Crippen LogP contribution in [0.2, 0.25) is 15.1 Å². The van der Waals surface area contributed by atoms with Crippen LogP contribution in [-0.4, -0.2) is 80.7 Å². The van der Waals surface area contributed by atoms with Crippen molar-refractivity contribution in [2.45, 2.75) is 51.0 Å². The molecule has 53 heavy (non-hydrogen) atoms. The Balaban J connectivity index is 1.15. The lowest BCUT2D eigenvalue weighted by Gasteiger charge is -2.23. The van der Waals surface area contributed by atoms with Crippen LogP contribution in [0.25, 0.3) is 44.7 Å². The quantitative estimate of drug-likeness (QED) is 0.109. The van der Waals surface area contributed by atoms with Crippen molar-refractivity contribution in [2.75, 3.05) is 20.7 Å². The number of aromatic nitrogens is 3. The average Bonchev–Trinajstić information content (AvgIpc) is 3.86. The molecule has 2 saturated heterocycles. The van der Waals surface area contributed by atoms with Crippen LogP contribution in [-0.2, 0) is 22.7 Å². The minimum Gasteiger partial charge on any atom is -0.481 e.